The van der Waals surface area contributed by atoms with Gasteiger partial charge in [-0.3, -0.25) is 0 Å². The molecule has 1 aromatic carbocycles. The molecule has 0 aliphatic rings. The van der Waals surface area contributed by atoms with E-state index in [1.807, 2.05) is 27.7 Å². The number of aromatic carboxylic acids is 1. The van der Waals surface area contributed by atoms with Gasteiger partial charge >= 0.3 is 5.97 Å². The lowest BCUT2D eigenvalue weighted by molar-refractivity contribution is 0.0695. The SMILES string of the molecule is CCC(CC)Oc1cc(OC(C)C)cc(C(=O)O)c1. The highest BCUT2D eigenvalue weighted by atomic mass is 16.5. The van der Waals surface area contributed by atoms with E-state index in [-0.39, 0.29) is 17.8 Å². The van der Waals surface area contributed by atoms with Crippen molar-refractivity contribution < 1.29 is 19.4 Å². The molecule has 0 aliphatic heterocycles. The van der Waals surface area contributed by atoms with Crippen LogP contribution in [0.1, 0.15) is 50.9 Å². The molecule has 1 aromatic rings. The molecule has 1 N–H and O–H groups in total. The number of carboxylic acids is 1. The third kappa shape index (κ3) is 4.81. The zero-order valence-corrected chi connectivity index (χ0v) is 12.0. The second-order valence-corrected chi connectivity index (χ2v) is 4.72. The van der Waals surface area contributed by atoms with E-state index in [1.54, 1.807) is 6.07 Å². The molecule has 4 heteroatoms. The predicted molar refractivity (Wildman–Crippen MR) is 74.2 cm³/mol. The van der Waals surface area contributed by atoms with Gasteiger partial charge in [-0.2, -0.15) is 0 Å². The molecular formula is C15H22O4. The van der Waals surface area contributed by atoms with E-state index in [0.29, 0.717) is 11.5 Å². The van der Waals surface area contributed by atoms with Gasteiger partial charge in [-0.1, -0.05) is 13.8 Å². The average molecular weight is 266 g/mol. The van der Waals surface area contributed by atoms with Crippen molar-refractivity contribution in [2.75, 3.05) is 0 Å². The van der Waals surface area contributed by atoms with Gasteiger partial charge in [0.25, 0.3) is 0 Å². The summed E-state index contributed by atoms with van der Waals surface area (Å²) in [6, 6.07) is 4.79. The molecule has 0 spiro atoms. The van der Waals surface area contributed by atoms with Gasteiger partial charge in [-0.25, -0.2) is 4.79 Å². The number of rotatable bonds is 7. The molecule has 106 valence electrons. The Hall–Kier alpha value is -1.71. The third-order valence-electron chi connectivity index (χ3n) is 2.71. The van der Waals surface area contributed by atoms with Gasteiger partial charge in [-0.05, 0) is 38.8 Å². The first-order valence-corrected chi connectivity index (χ1v) is 6.67. The fourth-order valence-corrected chi connectivity index (χ4v) is 1.75. The first-order valence-electron chi connectivity index (χ1n) is 6.67. The molecule has 0 bridgehead atoms. The maximum atomic E-state index is 11.1. The van der Waals surface area contributed by atoms with Crippen molar-refractivity contribution in [3.8, 4) is 11.5 Å². The summed E-state index contributed by atoms with van der Waals surface area (Å²) < 4.78 is 11.3. The summed E-state index contributed by atoms with van der Waals surface area (Å²) in [5, 5.41) is 9.11. The Morgan fingerprint density at radius 2 is 1.63 bits per heavy atom. The molecule has 0 saturated heterocycles. The van der Waals surface area contributed by atoms with E-state index >= 15 is 0 Å². The molecule has 4 nitrogen and oxygen atoms in total. The summed E-state index contributed by atoms with van der Waals surface area (Å²) in [5.74, 6) is 0.0868. The van der Waals surface area contributed by atoms with Crippen LogP contribution in [-0.2, 0) is 0 Å². The Morgan fingerprint density at radius 3 is 2.05 bits per heavy atom. The topological polar surface area (TPSA) is 55.8 Å². The monoisotopic (exact) mass is 266 g/mol. The van der Waals surface area contributed by atoms with Gasteiger partial charge in [0.15, 0.2) is 0 Å². The van der Waals surface area contributed by atoms with Crippen LogP contribution >= 0.6 is 0 Å². The number of hydrogen-bond acceptors (Lipinski definition) is 3. The van der Waals surface area contributed by atoms with Gasteiger partial charge in [0.05, 0.1) is 17.8 Å². The fraction of sp³-hybridized carbons (Fsp3) is 0.533. The molecule has 0 atom stereocenters. The number of benzene rings is 1. The average Bonchev–Trinajstić information content (AvgIpc) is 2.34. The summed E-state index contributed by atoms with van der Waals surface area (Å²) in [6.45, 7) is 7.88. The predicted octanol–water partition coefficient (Wildman–Crippen LogP) is 3.74. The smallest absolute Gasteiger partial charge is 0.335 e. The van der Waals surface area contributed by atoms with Crippen molar-refractivity contribution in [1.82, 2.24) is 0 Å². The first kappa shape index (κ1) is 15.3. The van der Waals surface area contributed by atoms with Gasteiger partial charge in [0, 0.05) is 6.07 Å². The molecule has 0 unspecified atom stereocenters. The number of carbonyl (C=O) groups is 1. The Kier molecular flexibility index (Phi) is 5.67. The van der Waals surface area contributed by atoms with Crippen LogP contribution in [0.5, 0.6) is 11.5 Å². The highest BCUT2D eigenvalue weighted by Gasteiger charge is 2.12. The van der Waals surface area contributed by atoms with Crippen molar-refractivity contribution in [1.29, 1.82) is 0 Å². The van der Waals surface area contributed by atoms with Crippen molar-refractivity contribution >= 4 is 5.97 Å². The minimum absolute atomic E-state index is 0.00922. The zero-order chi connectivity index (χ0) is 14.4. The highest BCUT2D eigenvalue weighted by Crippen LogP contribution is 2.25. The van der Waals surface area contributed by atoms with Crippen LogP contribution in [0.15, 0.2) is 18.2 Å². The van der Waals surface area contributed by atoms with Crippen LogP contribution in [0.2, 0.25) is 0 Å². The van der Waals surface area contributed by atoms with Crippen LogP contribution in [0.4, 0.5) is 0 Å². The second-order valence-electron chi connectivity index (χ2n) is 4.72. The minimum atomic E-state index is -0.983. The fourth-order valence-electron chi connectivity index (χ4n) is 1.75. The van der Waals surface area contributed by atoms with Crippen LogP contribution in [0.3, 0.4) is 0 Å². The lowest BCUT2D eigenvalue weighted by atomic mass is 10.2. The van der Waals surface area contributed by atoms with Crippen LogP contribution < -0.4 is 9.47 Å². The largest absolute Gasteiger partial charge is 0.491 e. The summed E-state index contributed by atoms with van der Waals surface area (Å²) >= 11 is 0. The van der Waals surface area contributed by atoms with Gasteiger partial charge in [-0.15, -0.1) is 0 Å². The standard InChI is InChI=1S/C15H22O4/c1-5-12(6-2)19-14-8-11(15(16)17)7-13(9-14)18-10(3)4/h7-10,12H,5-6H2,1-4H3,(H,16,17). The van der Waals surface area contributed by atoms with E-state index < -0.39 is 5.97 Å². The number of hydrogen-bond donors (Lipinski definition) is 1. The number of carboxylic acid groups (broad SMARTS) is 1. The molecule has 0 saturated carbocycles. The number of ether oxygens (including phenoxy) is 2. The van der Waals surface area contributed by atoms with Crippen molar-refractivity contribution in [2.45, 2.75) is 52.7 Å². The van der Waals surface area contributed by atoms with E-state index in [2.05, 4.69) is 0 Å². The quantitative estimate of drug-likeness (QED) is 0.816. The molecule has 19 heavy (non-hydrogen) atoms. The van der Waals surface area contributed by atoms with Gasteiger partial charge < -0.3 is 14.6 Å². The highest BCUT2D eigenvalue weighted by molar-refractivity contribution is 5.88. The lowest BCUT2D eigenvalue weighted by Gasteiger charge is -2.17. The summed E-state index contributed by atoms with van der Waals surface area (Å²) in [4.78, 5) is 11.1. The van der Waals surface area contributed by atoms with Crippen molar-refractivity contribution in [3.05, 3.63) is 23.8 Å². The molecular weight excluding hydrogens is 244 g/mol. The molecule has 0 heterocycles. The molecule has 1 rings (SSSR count). The Balaban J connectivity index is 3.02. The maximum absolute atomic E-state index is 11.1. The molecule has 0 aromatic heterocycles. The van der Waals surface area contributed by atoms with Gasteiger partial charge in [0.2, 0.25) is 0 Å². The normalized spacial score (nSPS) is 10.8. The van der Waals surface area contributed by atoms with E-state index in [9.17, 15) is 4.79 Å². The molecule has 0 radical (unpaired) electrons. The Labute approximate surface area is 114 Å². The van der Waals surface area contributed by atoms with Crippen LogP contribution in [-0.4, -0.2) is 23.3 Å². The van der Waals surface area contributed by atoms with Crippen LogP contribution in [0, 0.1) is 0 Å². The summed E-state index contributed by atoms with van der Waals surface area (Å²) in [5.41, 5.74) is 0.180. The van der Waals surface area contributed by atoms with Crippen molar-refractivity contribution in [3.63, 3.8) is 0 Å². The van der Waals surface area contributed by atoms with E-state index in [0.717, 1.165) is 12.8 Å². The second kappa shape index (κ2) is 7.02. The first-order chi connectivity index (χ1) is 8.96. The van der Waals surface area contributed by atoms with Crippen molar-refractivity contribution in [2.24, 2.45) is 0 Å². The van der Waals surface area contributed by atoms with Gasteiger partial charge in [0.1, 0.15) is 11.5 Å². The summed E-state index contributed by atoms with van der Waals surface area (Å²) in [7, 11) is 0. The Morgan fingerprint density at radius 1 is 1.11 bits per heavy atom. The Bertz CT molecular complexity index is 422. The maximum Gasteiger partial charge on any atom is 0.335 e. The minimum Gasteiger partial charge on any atom is -0.491 e. The van der Waals surface area contributed by atoms with Crippen LogP contribution in [0.25, 0.3) is 0 Å². The zero-order valence-electron chi connectivity index (χ0n) is 12.0. The molecule has 0 fully saturated rings. The third-order valence-corrected chi connectivity index (χ3v) is 2.71. The van der Waals surface area contributed by atoms with E-state index in [1.165, 1.54) is 12.1 Å². The van der Waals surface area contributed by atoms with E-state index in [4.69, 9.17) is 14.6 Å². The molecule has 0 aliphatic carbocycles. The lowest BCUT2D eigenvalue weighted by Crippen LogP contribution is -2.14. The summed E-state index contributed by atoms with van der Waals surface area (Å²) in [6.07, 6.45) is 1.85. The molecule has 0 amide bonds.